The number of carbonyl (C=O) groups is 1. The number of likely N-dealkylation sites (tertiary alicyclic amines) is 1. The molecule has 0 radical (unpaired) electrons. The Bertz CT molecular complexity index is 210. The van der Waals surface area contributed by atoms with Crippen LogP contribution in [0.25, 0.3) is 0 Å². The first kappa shape index (κ1) is 10.5. The van der Waals surface area contributed by atoms with E-state index in [1.54, 1.807) is 0 Å². The van der Waals surface area contributed by atoms with Crippen LogP contribution < -0.4 is 0 Å². The lowest BCUT2D eigenvalue weighted by atomic mass is 9.97. The SMILES string of the molecule is C=C(Cl)CN1CCC(C(=O)O)CC1. The summed E-state index contributed by atoms with van der Waals surface area (Å²) >= 11 is 5.66. The summed E-state index contributed by atoms with van der Waals surface area (Å²) in [6, 6.07) is 0. The lowest BCUT2D eigenvalue weighted by Crippen LogP contribution is -2.36. The van der Waals surface area contributed by atoms with Gasteiger partial charge in [-0.3, -0.25) is 9.69 Å². The van der Waals surface area contributed by atoms with Gasteiger partial charge < -0.3 is 5.11 Å². The predicted molar refractivity (Wildman–Crippen MR) is 51.8 cm³/mol. The molecular formula is C9H14ClNO2. The Labute approximate surface area is 83.0 Å². The molecule has 4 heteroatoms. The van der Waals surface area contributed by atoms with Crippen LogP contribution in [-0.4, -0.2) is 35.6 Å². The van der Waals surface area contributed by atoms with Gasteiger partial charge in [0.25, 0.3) is 0 Å². The average molecular weight is 204 g/mol. The van der Waals surface area contributed by atoms with E-state index in [4.69, 9.17) is 16.7 Å². The summed E-state index contributed by atoms with van der Waals surface area (Å²) in [4.78, 5) is 12.8. The number of halogens is 1. The zero-order valence-electron chi connectivity index (χ0n) is 7.50. The van der Waals surface area contributed by atoms with Gasteiger partial charge in [0.15, 0.2) is 0 Å². The fourth-order valence-electron chi connectivity index (χ4n) is 1.58. The number of carboxylic acids is 1. The van der Waals surface area contributed by atoms with Crippen molar-refractivity contribution in [3.63, 3.8) is 0 Å². The van der Waals surface area contributed by atoms with Gasteiger partial charge in [0.2, 0.25) is 0 Å². The molecule has 0 aromatic carbocycles. The van der Waals surface area contributed by atoms with E-state index in [0.717, 1.165) is 25.9 Å². The molecule has 0 atom stereocenters. The highest BCUT2D eigenvalue weighted by molar-refractivity contribution is 6.29. The van der Waals surface area contributed by atoms with Crippen molar-refractivity contribution < 1.29 is 9.90 Å². The molecule has 0 unspecified atom stereocenters. The van der Waals surface area contributed by atoms with E-state index in [0.29, 0.717) is 11.6 Å². The van der Waals surface area contributed by atoms with Crippen molar-refractivity contribution in [2.45, 2.75) is 12.8 Å². The molecule has 1 heterocycles. The van der Waals surface area contributed by atoms with Crippen molar-refractivity contribution in [3.8, 4) is 0 Å². The molecule has 0 aromatic heterocycles. The average Bonchev–Trinajstić information content (AvgIpc) is 2.04. The lowest BCUT2D eigenvalue weighted by molar-refractivity contribution is -0.143. The Morgan fingerprint density at radius 3 is 2.46 bits per heavy atom. The molecule has 3 nitrogen and oxygen atoms in total. The minimum absolute atomic E-state index is 0.167. The number of hydrogen-bond acceptors (Lipinski definition) is 2. The zero-order chi connectivity index (χ0) is 9.84. The Morgan fingerprint density at radius 1 is 1.54 bits per heavy atom. The van der Waals surface area contributed by atoms with Crippen LogP contribution in [0.4, 0.5) is 0 Å². The molecule has 1 N–H and O–H groups in total. The molecule has 0 aromatic rings. The molecular weight excluding hydrogens is 190 g/mol. The fourth-order valence-corrected chi connectivity index (χ4v) is 1.75. The van der Waals surface area contributed by atoms with Gasteiger partial charge in [0.1, 0.15) is 0 Å². The van der Waals surface area contributed by atoms with Gasteiger partial charge in [-0.05, 0) is 25.9 Å². The van der Waals surface area contributed by atoms with Gasteiger partial charge in [-0.15, -0.1) is 0 Å². The first-order valence-electron chi connectivity index (χ1n) is 4.38. The van der Waals surface area contributed by atoms with Crippen LogP contribution in [0.5, 0.6) is 0 Å². The van der Waals surface area contributed by atoms with Gasteiger partial charge in [-0.1, -0.05) is 18.2 Å². The molecule has 13 heavy (non-hydrogen) atoms. The van der Waals surface area contributed by atoms with Crippen molar-refractivity contribution in [3.05, 3.63) is 11.6 Å². The summed E-state index contributed by atoms with van der Waals surface area (Å²) in [7, 11) is 0. The highest BCUT2D eigenvalue weighted by Crippen LogP contribution is 2.18. The molecule has 1 aliphatic rings. The van der Waals surface area contributed by atoms with Crippen LogP contribution in [0.15, 0.2) is 11.6 Å². The molecule has 0 saturated carbocycles. The summed E-state index contributed by atoms with van der Waals surface area (Å²) in [6.45, 7) is 5.90. The molecule has 0 aliphatic carbocycles. The highest BCUT2D eigenvalue weighted by atomic mass is 35.5. The van der Waals surface area contributed by atoms with Crippen molar-refractivity contribution in [1.82, 2.24) is 4.90 Å². The van der Waals surface area contributed by atoms with Crippen LogP contribution in [0, 0.1) is 5.92 Å². The fraction of sp³-hybridized carbons (Fsp3) is 0.667. The van der Waals surface area contributed by atoms with E-state index >= 15 is 0 Å². The third-order valence-electron chi connectivity index (χ3n) is 2.33. The molecule has 0 spiro atoms. The zero-order valence-corrected chi connectivity index (χ0v) is 8.26. The smallest absolute Gasteiger partial charge is 0.306 e. The molecule has 0 bridgehead atoms. The topological polar surface area (TPSA) is 40.5 Å². The number of piperidine rings is 1. The molecule has 1 aliphatic heterocycles. The summed E-state index contributed by atoms with van der Waals surface area (Å²) in [5.41, 5.74) is 0. The molecule has 1 rings (SSSR count). The minimum Gasteiger partial charge on any atom is -0.481 e. The number of carboxylic acid groups (broad SMARTS) is 1. The standard InChI is InChI=1S/C9H14ClNO2/c1-7(10)6-11-4-2-8(3-5-11)9(12)13/h8H,1-6H2,(H,12,13). The largest absolute Gasteiger partial charge is 0.481 e. The van der Waals surface area contributed by atoms with Crippen LogP contribution in [0.1, 0.15) is 12.8 Å². The Kier molecular flexibility index (Phi) is 3.75. The maximum atomic E-state index is 10.6. The lowest BCUT2D eigenvalue weighted by Gasteiger charge is -2.29. The van der Waals surface area contributed by atoms with Gasteiger partial charge in [0, 0.05) is 11.6 Å². The van der Waals surface area contributed by atoms with Crippen molar-refractivity contribution in [2.24, 2.45) is 5.92 Å². The van der Waals surface area contributed by atoms with E-state index in [2.05, 4.69) is 11.5 Å². The first-order valence-corrected chi connectivity index (χ1v) is 4.76. The second kappa shape index (κ2) is 4.63. The van der Waals surface area contributed by atoms with E-state index in [9.17, 15) is 4.79 Å². The molecule has 74 valence electrons. The number of nitrogens with zero attached hydrogens (tertiary/aromatic N) is 1. The third-order valence-corrected chi connectivity index (χ3v) is 2.45. The van der Waals surface area contributed by atoms with Crippen molar-refractivity contribution in [2.75, 3.05) is 19.6 Å². The maximum absolute atomic E-state index is 10.6. The van der Waals surface area contributed by atoms with E-state index < -0.39 is 5.97 Å². The molecule has 1 saturated heterocycles. The monoisotopic (exact) mass is 203 g/mol. The van der Waals surface area contributed by atoms with Gasteiger partial charge in [-0.25, -0.2) is 0 Å². The Hall–Kier alpha value is -0.540. The van der Waals surface area contributed by atoms with E-state index in [1.807, 2.05) is 0 Å². The second-order valence-corrected chi connectivity index (χ2v) is 3.94. The maximum Gasteiger partial charge on any atom is 0.306 e. The van der Waals surface area contributed by atoms with Crippen molar-refractivity contribution >= 4 is 17.6 Å². The van der Waals surface area contributed by atoms with Crippen LogP contribution in [0.3, 0.4) is 0 Å². The van der Waals surface area contributed by atoms with Crippen LogP contribution in [-0.2, 0) is 4.79 Å². The van der Waals surface area contributed by atoms with Crippen LogP contribution >= 0.6 is 11.6 Å². The molecule has 1 fully saturated rings. The summed E-state index contributed by atoms with van der Waals surface area (Å²) in [5, 5.41) is 9.36. The predicted octanol–water partition coefficient (Wildman–Crippen LogP) is 1.54. The summed E-state index contributed by atoms with van der Waals surface area (Å²) in [6.07, 6.45) is 1.44. The highest BCUT2D eigenvalue weighted by Gasteiger charge is 2.24. The van der Waals surface area contributed by atoms with E-state index in [-0.39, 0.29) is 5.92 Å². The van der Waals surface area contributed by atoms with Gasteiger partial charge in [-0.2, -0.15) is 0 Å². The van der Waals surface area contributed by atoms with Gasteiger partial charge >= 0.3 is 5.97 Å². The summed E-state index contributed by atoms with van der Waals surface area (Å²) in [5.74, 6) is -0.843. The minimum atomic E-state index is -0.677. The Morgan fingerprint density at radius 2 is 2.08 bits per heavy atom. The number of hydrogen-bond donors (Lipinski definition) is 1. The van der Waals surface area contributed by atoms with E-state index in [1.165, 1.54) is 0 Å². The normalized spacial score (nSPS) is 20.1. The quantitative estimate of drug-likeness (QED) is 0.757. The summed E-state index contributed by atoms with van der Waals surface area (Å²) < 4.78 is 0. The first-order chi connectivity index (χ1) is 6.09. The van der Waals surface area contributed by atoms with Gasteiger partial charge in [0.05, 0.1) is 5.92 Å². The Balaban J connectivity index is 2.30. The third kappa shape index (κ3) is 3.36. The number of rotatable bonds is 3. The second-order valence-electron chi connectivity index (χ2n) is 3.41. The molecule has 0 amide bonds. The van der Waals surface area contributed by atoms with Crippen molar-refractivity contribution in [1.29, 1.82) is 0 Å². The van der Waals surface area contributed by atoms with Crippen LogP contribution in [0.2, 0.25) is 0 Å². The number of aliphatic carboxylic acids is 1.